The van der Waals surface area contributed by atoms with Crippen LogP contribution < -0.4 is 38.3 Å². The number of piperidine rings is 1. The van der Waals surface area contributed by atoms with Gasteiger partial charge in [-0.1, -0.05) is 220 Å². The largest absolute Gasteiger partial charge is 0.573 e. The molecular weight excluding hydrogens is 1490 g/mol. The number of aliphatic imine (C=N–C) groups is 4. The lowest BCUT2D eigenvalue weighted by Gasteiger charge is -2.35. The topological polar surface area (TPSA) is 290 Å². The minimum Gasteiger partial charge on any atom is -0.406 e. The van der Waals surface area contributed by atoms with E-state index < -0.39 is 23.0 Å². The van der Waals surface area contributed by atoms with Crippen molar-refractivity contribution in [2.45, 2.75) is 177 Å². The SMILES string of the molecule is CN1C(=O)[C@@](CCC2CCCCC2)(C[C@H]2CCC[C@@H](NC(=O)c3ccc4ccccc4c3)C2)N=C1N.CN1OC(c2cccc(Br)c2)N=C1N.CN1OCC(C)(c2cccc(-c3cccc(OC(F)(F)F)c3)c2)N=C1N.NC1=NC(c2ccccc2)(c2ccccc2)C(=O)N1CC1CCN(C(=O)NC2CCCCCC2)CC1. The Morgan fingerprint density at radius 3 is 1.84 bits per heavy atom. The molecule has 22 nitrogen and oxygen atoms in total. The van der Waals surface area contributed by atoms with Gasteiger partial charge in [-0.25, -0.2) is 39.7 Å². The number of ether oxygens (including phenoxy) is 1. The van der Waals surface area contributed by atoms with Gasteiger partial charge >= 0.3 is 12.4 Å². The highest BCUT2D eigenvalue weighted by Crippen LogP contribution is 2.43. The van der Waals surface area contributed by atoms with E-state index in [4.69, 9.17) is 42.6 Å². The van der Waals surface area contributed by atoms with E-state index in [1.807, 2.05) is 157 Å². The first-order valence-corrected chi connectivity index (χ1v) is 40.1. The van der Waals surface area contributed by atoms with Crippen LogP contribution >= 0.6 is 15.9 Å². The molecule has 10 N–H and O–H groups in total. The summed E-state index contributed by atoms with van der Waals surface area (Å²) in [6.07, 6.45) is 16.8. The molecule has 0 radical (unpaired) electrons. The quantitative estimate of drug-likeness (QED) is 0.0491. The number of carbonyl (C=O) groups excluding carboxylic acids is 4. The monoisotopic (exact) mass is 1600 g/mol. The van der Waals surface area contributed by atoms with Gasteiger partial charge in [-0.05, 0) is 164 Å². The third kappa shape index (κ3) is 20.2. The van der Waals surface area contributed by atoms with Crippen molar-refractivity contribution in [3.63, 3.8) is 0 Å². The van der Waals surface area contributed by atoms with Crippen molar-refractivity contribution in [3.8, 4) is 16.9 Å². The van der Waals surface area contributed by atoms with E-state index in [0.29, 0.717) is 67.2 Å². The number of benzene rings is 7. The third-order valence-electron chi connectivity index (χ3n) is 22.9. The first-order chi connectivity index (χ1) is 53.8. The van der Waals surface area contributed by atoms with Crippen molar-refractivity contribution in [1.29, 1.82) is 0 Å². The van der Waals surface area contributed by atoms with Gasteiger partial charge in [-0.2, -0.15) is 0 Å². The average molecular weight is 1600 g/mol. The Kier molecular flexibility index (Phi) is 26.6. The molecule has 5 heterocycles. The van der Waals surface area contributed by atoms with Gasteiger partial charge in [-0.3, -0.25) is 29.0 Å². The van der Waals surface area contributed by atoms with E-state index in [9.17, 15) is 32.3 Å². The molecule has 5 atom stereocenters. The number of hydrogen-bond donors (Lipinski definition) is 6. The third-order valence-corrected chi connectivity index (χ3v) is 23.4. The number of nitrogens with two attached hydrogens (primary N) is 4. The second kappa shape index (κ2) is 36.6. The number of rotatable bonds is 16. The maximum absolute atomic E-state index is 14.0. The van der Waals surface area contributed by atoms with Crippen LogP contribution in [0.25, 0.3) is 21.9 Å². The molecule has 15 rings (SSSR count). The number of hydrogen-bond acceptors (Lipinski definition) is 17. The molecule has 0 bridgehead atoms. The lowest BCUT2D eigenvalue weighted by atomic mass is 9.74. The number of guanidine groups is 4. The summed E-state index contributed by atoms with van der Waals surface area (Å²) in [5.74, 6) is 2.25. The van der Waals surface area contributed by atoms with Crippen molar-refractivity contribution in [2.75, 3.05) is 47.4 Å². The molecule has 594 valence electrons. The molecule has 4 fully saturated rings. The highest BCUT2D eigenvalue weighted by Gasteiger charge is 2.52. The van der Waals surface area contributed by atoms with Gasteiger partial charge in [-0.15, -0.1) is 13.2 Å². The van der Waals surface area contributed by atoms with Gasteiger partial charge in [0.15, 0.2) is 17.5 Å². The summed E-state index contributed by atoms with van der Waals surface area (Å²) in [4.78, 5) is 87.6. The van der Waals surface area contributed by atoms with Crippen LogP contribution in [-0.2, 0) is 30.3 Å². The molecule has 7 aromatic carbocycles. The fourth-order valence-corrected chi connectivity index (χ4v) is 17.0. The van der Waals surface area contributed by atoms with Crippen LogP contribution in [0.2, 0.25) is 0 Å². The highest BCUT2D eigenvalue weighted by atomic mass is 79.9. The number of halogens is 4. The first kappa shape index (κ1) is 81.4. The minimum atomic E-state index is -4.73. The van der Waals surface area contributed by atoms with Gasteiger partial charge in [0.2, 0.25) is 18.1 Å². The maximum Gasteiger partial charge on any atom is 0.573 e. The van der Waals surface area contributed by atoms with E-state index in [0.717, 1.165) is 114 Å². The molecule has 8 aliphatic rings. The molecule has 2 unspecified atom stereocenters. The Morgan fingerprint density at radius 1 is 0.580 bits per heavy atom. The van der Waals surface area contributed by atoms with Crippen LogP contribution in [0.4, 0.5) is 18.0 Å². The van der Waals surface area contributed by atoms with Crippen LogP contribution in [-0.4, -0.2) is 144 Å². The molecule has 0 spiro atoms. The predicted octanol–water partition coefficient (Wildman–Crippen LogP) is 14.9. The van der Waals surface area contributed by atoms with E-state index in [1.54, 1.807) is 37.0 Å². The van der Waals surface area contributed by atoms with Gasteiger partial charge in [0.25, 0.3) is 17.7 Å². The zero-order valence-corrected chi connectivity index (χ0v) is 66.0. The van der Waals surface area contributed by atoms with E-state index in [1.165, 1.54) is 86.1 Å². The first-order valence-electron chi connectivity index (χ1n) is 39.3. The smallest absolute Gasteiger partial charge is 0.406 e. The molecule has 26 heteroatoms. The highest BCUT2D eigenvalue weighted by molar-refractivity contribution is 9.10. The van der Waals surface area contributed by atoms with Crippen LogP contribution in [0.5, 0.6) is 5.75 Å². The van der Waals surface area contributed by atoms with Crippen molar-refractivity contribution < 1.29 is 46.8 Å². The molecule has 0 aromatic heterocycles. The number of amides is 5. The van der Waals surface area contributed by atoms with Crippen molar-refractivity contribution in [1.82, 2.24) is 35.5 Å². The lowest BCUT2D eigenvalue weighted by Crippen LogP contribution is -2.50. The Bertz CT molecular complexity index is 4490. The average Bonchev–Trinajstić information content (AvgIpc) is 1.57. The zero-order valence-electron chi connectivity index (χ0n) is 64.4. The molecule has 3 aliphatic carbocycles. The fraction of sp³-hybridized carbons (Fsp3) is 0.442. The number of urea groups is 1. The number of hydroxylamine groups is 4. The summed E-state index contributed by atoms with van der Waals surface area (Å²) >= 11 is 3.39. The zero-order chi connectivity index (χ0) is 79.2. The Labute approximate surface area is 662 Å². The normalized spacial score (nSPS) is 23.0. The second-order valence-corrected chi connectivity index (χ2v) is 31.9. The molecule has 112 heavy (non-hydrogen) atoms. The Hall–Kier alpha value is -10.1. The fourth-order valence-electron chi connectivity index (χ4n) is 16.6. The summed E-state index contributed by atoms with van der Waals surface area (Å²) < 4.78 is 42.3. The number of nitrogens with zero attached hydrogens (tertiary/aromatic N) is 9. The van der Waals surface area contributed by atoms with E-state index >= 15 is 0 Å². The molecule has 5 amide bonds. The number of fused-ring (bicyclic) bond motifs is 1. The molecule has 7 aromatic rings. The molecule has 3 saturated carbocycles. The van der Waals surface area contributed by atoms with Gasteiger partial charge in [0.05, 0.1) is 0 Å². The summed E-state index contributed by atoms with van der Waals surface area (Å²) in [6.45, 7) is 4.10. The van der Waals surface area contributed by atoms with Gasteiger partial charge < -0.3 is 43.2 Å². The van der Waals surface area contributed by atoms with Crippen molar-refractivity contribution in [3.05, 3.63) is 208 Å². The number of likely N-dealkylation sites (N-methyl/N-ethyl adjacent to an activating group) is 1. The molecule has 1 saturated heterocycles. The number of likely N-dealkylation sites (tertiary alicyclic amines) is 1. The van der Waals surface area contributed by atoms with Crippen molar-refractivity contribution in [2.24, 2.45) is 60.7 Å². The lowest BCUT2D eigenvalue weighted by molar-refractivity contribution is -0.274. The van der Waals surface area contributed by atoms with Crippen LogP contribution in [0.1, 0.15) is 174 Å². The van der Waals surface area contributed by atoms with E-state index in [2.05, 4.69) is 47.4 Å². The molecular formula is C86H105BrF3N15O7. The van der Waals surface area contributed by atoms with Crippen molar-refractivity contribution >= 4 is 74.3 Å². The Balaban J connectivity index is 0.000000145. The van der Waals surface area contributed by atoms with Crippen LogP contribution in [0.3, 0.4) is 0 Å². The summed E-state index contributed by atoms with van der Waals surface area (Å²) in [5.41, 5.74) is 26.9. The van der Waals surface area contributed by atoms with Crippen LogP contribution in [0.15, 0.2) is 200 Å². The summed E-state index contributed by atoms with van der Waals surface area (Å²) in [5, 5.41) is 11.6. The van der Waals surface area contributed by atoms with Crippen LogP contribution in [0, 0.1) is 17.8 Å². The standard InChI is InChI=1S/C30H40N4O2.C29H37N5O2.C18H18F3N3O2.C9H10BrN3O/c1-34-28(36)30(33-29(34)31,17-16-21-8-3-2-4-9-21)20-22-10-7-13-26(18-22)32-27(35)25-15-14-23-11-5-6-12-24(23)19-25;30-27-32-29(23-11-5-3-6-12-23,24-13-7-4-8-14-24)26(35)34(27)21-22-17-19-33(20-18-22)28(36)31-25-15-9-1-2-10-16-25;1-17(11-25-24(2)16(22)23-17)14-7-3-5-12(9-14)13-6-4-8-15(10-13)26-18(19,20)21;1-13-9(11)12-8(14-13)6-3-2-4-7(10)5-6/h5-6,11-12,14-15,19,21-22,26H,2-4,7-10,13,16-18,20H2,1H3,(H2,31,33)(H,32,35);3-8,11-14,22,25H,1-2,9-10,15-21H2,(H2,30,32)(H,31,36);3-10H,11H2,1-2H3,(H2,22,23);2-5,8H,1H3,(H2,11,12)/t22-,26+,30+;;;/m0.../s1. The number of alkyl halides is 3. The van der Waals surface area contributed by atoms with Gasteiger partial charge in [0, 0.05) is 68.5 Å². The minimum absolute atomic E-state index is 0.0163. The maximum atomic E-state index is 14.0. The predicted molar refractivity (Wildman–Crippen MR) is 435 cm³/mol. The van der Waals surface area contributed by atoms with Gasteiger partial charge in [0.1, 0.15) is 23.4 Å². The summed E-state index contributed by atoms with van der Waals surface area (Å²) in [7, 11) is 5.15. The second-order valence-electron chi connectivity index (χ2n) is 30.9. The molecule has 5 aliphatic heterocycles. The van der Waals surface area contributed by atoms with E-state index in [-0.39, 0.29) is 59.6 Å². The summed E-state index contributed by atoms with van der Waals surface area (Å²) in [6, 6.07) is 54.8. The Morgan fingerprint density at radius 2 is 1.20 bits per heavy atom. The number of nitrogens with one attached hydrogen (secondary N) is 2. The number of carbonyl (C=O) groups is 4.